The molecule has 124 valence electrons. The van der Waals surface area contributed by atoms with Crippen LogP contribution in [0.3, 0.4) is 0 Å². The van der Waals surface area contributed by atoms with Crippen molar-refractivity contribution in [1.82, 2.24) is 16.1 Å². The maximum Gasteiger partial charge on any atom is 0.230 e. The third kappa shape index (κ3) is 3.40. The van der Waals surface area contributed by atoms with Crippen molar-refractivity contribution in [2.75, 3.05) is 11.6 Å². The minimum absolute atomic E-state index is 0.0556. The molecule has 1 aromatic rings. The van der Waals surface area contributed by atoms with Crippen molar-refractivity contribution in [2.45, 2.75) is 23.8 Å². The molecule has 7 nitrogen and oxygen atoms in total. The Morgan fingerprint density at radius 2 is 2.30 bits per heavy atom. The fourth-order valence-corrected chi connectivity index (χ4v) is 3.80. The molecule has 2 saturated heterocycles. The lowest BCUT2D eigenvalue weighted by Gasteiger charge is -2.37. The van der Waals surface area contributed by atoms with Gasteiger partial charge < -0.3 is 11.1 Å². The molecule has 5 N–H and O–H groups in total. The second-order valence-electron chi connectivity index (χ2n) is 5.50. The number of primary amides is 1. The molecule has 1 aromatic carbocycles. The van der Waals surface area contributed by atoms with Gasteiger partial charge in [0.25, 0.3) is 0 Å². The Bertz CT molecular complexity index is 631. The number of thioether (sulfide) groups is 1. The number of carbonyl (C=O) groups is 2. The van der Waals surface area contributed by atoms with Gasteiger partial charge in [-0.05, 0) is 25.1 Å². The van der Waals surface area contributed by atoms with E-state index >= 15 is 0 Å². The Balaban J connectivity index is 1.77. The molecule has 4 unspecified atom stereocenters. The van der Waals surface area contributed by atoms with Gasteiger partial charge in [0.2, 0.25) is 11.8 Å². The molecule has 0 bridgehead atoms. The van der Waals surface area contributed by atoms with Crippen molar-refractivity contribution in [3.8, 4) is 0 Å². The highest BCUT2D eigenvalue weighted by Gasteiger charge is 2.44. The second-order valence-corrected chi connectivity index (χ2v) is 7.39. The van der Waals surface area contributed by atoms with Crippen LogP contribution in [0.5, 0.6) is 0 Å². The molecule has 3 rings (SSSR count). The maximum atomic E-state index is 12.3. The molecule has 0 saturated carbocycles. The highest BCUT2D eigenvalue weighted by Crippen LogP contribution is 2.29. The van der Waals surface area contributed by atoms with E-state index in [1.54, 1.807) is 13.0 Å². The Morgan fingerprint density at radius 3 is 3.00 bits per heavy atom. The lowest BCUT2D eigenvalue weighted by atomic mass is 10.1. The minimum atomic E-state index is -0.413. The van der Waals surface area contributed by atoms with E-state index in [2.05, 4.69) is 16.1 Å². The Kier molecular flexibility index (Phi) is 4.67. The zero-order valence-electron chi connectivity index (χ0n) is 12.5. The van der Waals surface area contributed by atoms with E-state index in [1.165, 1.54) is 11.8 Å². The van der Waals surface area contributed by atoms with E-state index in [1.807, 2.05) is 23.2 Å². The topological polar surface area (TPSA) is 99.5 Å². The predicted octanol–water partition coefficient (Wildman–Crippen LogP) is 0.217. The zero-order valence-corrected chi connectivity index (χ0v) is 14.0. The first-order valence-corrected chi connectivity index (χ1v) is 8.57. The van der Waals surface area contributed by atoms with Gasteiger partial charge in [0.1, 0.15) is 11.7 Å². The highest BCUT2D eigenvalue weighted by molar-refractivity contribution is 8.01. The number of anilines is 1. The summed E-state index contributed by atoms with van der Waals surface area (Å²) in [5.41, 5.74) is 9.00. The normalized spacial score (nSPS) is 28.2. The van der Waals surface area contributed by atoms with Gasteiger partial charge in [0, 0.05) is 11.6 Å². The number of carbonyl (C=O) groups excluding carboxylic acids is 2. The third-order valence-corrected chi connectivity index (χ3v) is 5.30. The molecule has 2 aliphatic rings. The van der Waals surface area contributed by atoms with E-state index in [4.69, 9.17) is 17.3 Å². The molecule has 2 aliphatic heterocycles. The summed E-state index contributed by atoms with van der Waals surface area (Å²) in [6, 6.07) is 7.41. The number of hydrogen-bond donors (Lipinski definition) is 4. The second kappa shape index (κ2) is 6.56. The van der Waals surface area contributed by atoms with Gasteiger partial charge in [-0.3, -0.25) is 19.9 Å². The number of nitrogens with two attached hydrogens (primary N) is 1. The number of benzene rings is 1. The van der Waals surface area contributed by atoms with Gasteiger partial charge in [-0.15, -0.1) is 11.8 Å². The number of amides is 2. The first-order chi connectivity index (χ1) is 11.0. The van der Waals surface area contributed by atoms with Crippen LogP contribution in [0.4, 0.5) is 5.69 Å². The predicted molar refractivity (Wildman–Crippen MR) is 90.5 cm³/mol. The van der Waals surface area contributed by atoms with Gasteiger partial charge >= 0.3 is 0 Å². The van der Waals surface area contributed by atoms with Gasteiger partial charge in [0.05, 0.1) is 16.9 Å². The number of rotatable bonds is 4. The van der Waals surface area contributed by atoms with Crippen molar-refractivity contribution >= 4 is 40.9 Å². The maximum absolute atomic E-state index is 12.3. The van der Waals surface area contributed by atoms with E-state index < -0.39 is 11.2 Å². The molecule has 2 heterocycles. The van der Waals surface area contributed by atoms with Crippen LogP contribution < -0.4 is 26.8 Å². The molecule has 0 aromatic heterocycles. The molecular weight excluding hydrogens is 338 g/mol. The van der Waals surface area contributed by atoms with Crippen molar-refractivity contribution in [1.29, 1.82) is 0 Å². The summed E-state index contributed by atoms with van der Waals surface area (Å²) >= 11 is 7.33. The van der Waals surface area contributed by atoms with Crippen molar-refractivity contribution in [3.63, 3.8) is 0 Å². The van der Waals surface area contributed by atoms with Crippen LogP contribution in [-0.2, 0) is 9.59 Å². The van der Waals surface area contributed by atoms with Crippen LogP contribution in [0, 0.1) is 5.92 Å². The molecule has 9 heteroatoms. The summed E-state index contributed by atoms with van der Waals surface area (Å²) in [6.07, 6.45) is -0.222. The molecule has 2 fully saturated rings. The molecule has 0 aliphatic carbocycles. The van der Waals surface area contributed by atoms with E-state index in [-0.39, 0.29) is 23.5 Å². The number of nitrogens with one attached hydrogen (secondary N) is 3. The summed E-state index contributed by atoms with van der Waals surface area (Å²) in [7, 11) is 0. The fourth-order valence-electron chi connectivity index (χ4n) is 2.67. The molecular formula is C14H18ClN5O2S. The van der Waals surface area contributed by atoms with E-state index in [0.29, 0.717) is 11.6 Å². The molecule has 4 atom stereocenters. The lowest BCUT2D eigenvalue weighted by molar-refractivity contribution is -0.127. The van der Waals surface area contributed by atoms with Crippen LogP contribution in [0.2, 0.25) is 5.02 Å². The molecule has 23 heavy (non-hydrogen) atoms. The smallest absolute Gasteiger partial charge is 0.230 e. The standard InChI is InChI=1S/C14H18ClN5O2S/c1-7(11(16)21)23-14-18-12-10(13(22)19-14)6-17-20(12)9-4-2-3-8(15)5-9/h2-5,7,10,12,14,17-18H,6H2,1H3,(H2,16,21)(H,19,22). The summed E-state index contributed by atoms with van der Waals surface area (Å²) < 4.78 is 0. The summed E-state index contributed by atoms with van der Waals surface area (Å²) in [5.74, 6) is -0.695. The first kappa shape index (κ1) is 16.4. The Labute approximate surface area is 143 Å². The van der Waals surface area contributed by atoms with Crippen LogP contribution in [0.25, 0.3) is 0 Å². The first-order valence-electron chi connectivity index (χ1n) is 7.25. The monoisotopic (exact) mass is 355 g/mol. The van der Waals surface area contributed by atoms with Crippen LogP contribution in [0.15, 0.2) is 24.3 Å². The molecule has 0 radical (unpaired) electrons. The summed E-state index contributed by atoms with van der Waals surface area (Å²) in [5, 5.41) is 8.34. The molecule has 2 amide bonds. The number of hydrogen-bond acceptors (Lipinski definition) is 6. The van der Waals surface area contributed by atoms with Crippen molar-refractivity contribution < 1.29 is 9.59 Å². The van der Waals surface area contributed by atoms with Crippen LogP contribution in [-0.4, -0.2) is 35.3 Å². The summed E-state index contributed by atoms with van der Waals surface area (Å²) in [4.78, 5) is 23.5. The fraction of sp³-hybridized carbons (Fsp3) is 0.429. The third-order valence-electron chi connectivity index (χ3n) is 3.90. The number of nitrogens with zero attached hydrogens (tertiary/aromatic N) is 1. The Morgan fingerprint density at radius 1 is 1.52 bits per heavy atom. The Hall–Kier alpha value is -1.48. The van der Waals surface area contributed by atoms with Gasteiger partial charge in [-0.25, -0.2) is 5.43 Å². The van der Waals surface area contributed by atoms with Crippen LogP contribution in [0.1, 0.15) is 6.92 Å². The number of hydrazine groups is 1. The largest absolute Gasteiger partial charge is 0.369 e. The quantitative estimate of drug-likeness (QED) is 0.616. The van der Waals surface area contributed by atoms with E-state index in [0.717, 1.165) is 5.69 Å². The van der Waals surface area contributed by atoms with Gasteiger partial charge in [-0.1, -0.05) is 17.7 Å². The van der Waals surface area contributed by atoms with E-state index in [9.17, 15) is 9.59 Å². The zero-order chi connectivity index (χ0) is 16.6. The SMILES string of the molecule is CC(SC1NC(=O)C2CNN(c3cccc(Cl)c3)C2N1)C(N)=O. The molecule has 0 spiro atoms. The van der Waals surface area contributed by atoms with Crippen molar-refractivity contribution in [3.05, 3.63) is 29.3 Å². The summed E-state index contributed by atoms with van der Waals surface area (Å²) in [6.45, 7) is 2.24. The van der Waals surface area contributed by atoms with Crippen LogP contribution >= 0.6 is 23.4 Å². The average molecular weight is 356 g/mol. The lowest BCUT2D eigenvalue weighted by Crippen LogP contribution is -2.63. The van der Waals surface area contributed by atoms with Crippen molar-refractivity contribution in [2.24, 2.45) is 11.7 Å². The van der Waals surface area contributed by atoms with Gasteiger partial charge in [-0.2, -0.15) is 0 Å². The minimum Gasteiger partial charge on any atom is -0.369 e. The number of halogens is 1. The van der Waals surface area contributed by atoms with Gasteiger partial charge in [0.15, 0.2) is 0 Å². The highest BCUT2D eigenvalue weighted by atomic mass is 35.5. The number of fused-ring (bicyclic) bond motifs is 1. The average Bonchev–Trinajstić information content (AvgIpc) is 2.91.